The van der Waals surface area contributed by atoms with Gasteiger partial charge in [-0.05, 0) is 49.2 Å². The van der Waals surface area contributed by atoms with Gasteiger partial charge in [-0.3, -0.25) is 14.9 Å². The van der Waals surface area contributed by atoms with Crippen LogP contribution >= 0.6 is 0 Å². The Kier molecular flexibility index (Phi) is 11.2. The molecule has 0 rings (SSSR count). The molecule has 166 valence electrons. The summed E-state index contributed by atoms with van der Waals surface area (Å²) in [4.78, 5) is 24.7. The number of nitrogens with two attached hydrogens (primary N) is 1. The number of carbonyl (C=O) groups excluding carboxylic acids is 2. The third-order valence-electron chi connectivity index (χ3n) is 5.84. The van der Waals surface area contributed by atoms with E-state index in [0.29, 0.717) is 18.8 Å². The lowest BCUT2D eigenvalue weighted by atomic mass is 9.86. The Balaban J connectivity index is 5.55. The minimum absolute atomic E-state index is 0.0650. The predicted octanol–water partition coefficient (Wildman–Crippen LogP) is 4.86. The summed E-state index contributed by atoms with van der Waals surface area (Å²) in [5.41, 5.74) is 6.57. The Morgan fingerprint density at radius 1 is 1.07 bits per heavy atom. The van der Waals surface area contributed by atoms with Gasteiger partial charge in [0, 0.05) is 18.4 Å². The van der Waals surface area contributed by atoms with Gasteiger partial charge in [0.25, 0.3) is 0 Å². The van der Waals surface area contributed by atoms with Crippen LogP contribution in [-0.2, 0) is 14.0 Å². The fourth-order valence-electron chi connectivity index (χ4n) is 3.01. The van der Waals surface area contributed by atoms with E-state index in [1.54, 1.807) is 0 Å². The quantitative estimate of drug-likeness (QED) is 0.473. The van der Waals surface area contributed by atoms with E-state index in [1.807, 2.05) is 20.8 Å². The highest BCUT2D eigenvalue weighted by atomic mass is 28.4. The average molecular weight is 415 g/mol. The molecule has 3 N–H and O–H groups in total. The summed E-state index contributed by atoms with van der Waals surface area (Å²) in [5.74, 6) is -0.140. The molecule has 0 saturated carbocycles. The molecule has 0 heterocycles. The van der Waals surface area contributed by atoms with Gasteiger partial charge in [-0.15, -0.1) is 0 Å². The maximum absolute atomic E-state index is 12.8. The molecule has 0 bridgehead atoms. The first kappa shape index (κ1) is 27.3. The molecule has 6 heteroatoms. The van der Waals surface area contributed by atoms with E-state index in [9.17, 15) is 9.59 Å². The molecule has 0 aromatic carbocycles. The Bertz CT molecular complexity index is 499. The smallest absolute Gasteiger partial charge is 0.230 e. The summed E-state index contributed by atoms with van der Waals surface area (Å²) in [5, 5.41) is 2.64. The van der Waals surface area contributed by atoms with Crippen LogP contribution in [0.3, 0.4) is 0 Å². The monoisotopic (exact) mass is 414 g/mol. The molecule has 3 atom stereocenters. The van der Waals surface area contributed by atoms with E-state index in [2.05, 4.69) is 53.0 Å². The van der Waals surface area contributed by atoms with Gasteiger partial charge in [0.2, 0.25) is 11.8 Å². The summed E-state index contributed by atoms with van der Waals surface area (Å²) >= 11 is 0. The van der Waals surface area contributed by atoms with Crippen LogP contribution in [0.5, 0.6) is 0 Å². The number of carbonyl (C=O) groups is 2. The van der Waals surface area contributed by atoms with Crippen LogP contribution in [0.4, 0.5) is 0 Å². The van der Waals surface area contributed by atoms with Gasteiger partial charge >= 0.3 is 0 Å². The lowest BCUT2D eigenvalue weighted by molar-refractivity contribution is -0.134. The third-order valence-corrected chi connectivity index (χ3v) is 10.3. The van der Waals surface area contributed by atoms with Crippen molar-refractivity contribution in [3.05, 3.63) is 0 Å². The number of hydrogen-bond acceptors (Lipinski definition) is 4. The van der Waals surface area contributed by atoms with Crippen LogP contribution in [0, 0.1) is 17.8 Å². The summed E-state index contributed by atoms with van der Waals surface area (Å²) < 4.78 is 6.70. The number of nitrogens with one attached hydrogen (secondary N) is 1. The average Bonchev–Trinajstić information content (AvgIpc) is 2.48. The van der Waals surface area contributed by atoms with Crippen molar-refractivity contribution in [3.8, 4) is 0 Å². The van der Waals surface area contributed by atoms with E-state index in [0.717, 1.165) is 12.8 Å². The normalized spacial score (nSPS) is 16.2. The first-order chi connectivity index (χ1) is 12.6. The van der Waals surface area contributed by atoms with Crippen molar-refractivity contribution in [2.75, 3.05) is 0 Å². The van der Waals surface area contributed by atoms with Crippen molar-refractivity contribution in [2.24, 2.45) is 23.5 Å². The second kappa shape index (κ2) is 11.5. The Morgan fingerprint density at radius 3 is 2.00 bits per heavy atom. The zero-order chi connectivity index (χ0) is 22.3. The Morgan fingerprint density at radius 2 is 1.61 bits per heavy atom. The lowest BCUT2D eigenvalue weighted by Gasteiger charge is -2.42. The topological polar surface area (TPSA) is 81.4 Å². The highest BCUT2D eigenvalue weighted by Gasteiger charge is 2.41. The van der Waals surface area contributed by atoms with Gasteiger partial charge < -0.3 is 10.2 Å². The van der Waals surface area contributed by atoms with Gasteiger partial charge in [-0.2, -0.15) is 0 Å². The largest absolute Gasteiger partial charge is 0.412 e. The predicted molar refractivity (Wildman–Crippen MR) is 121 cm³/mol. The molecule has 0 fully saturated rings. The number of hydrogen-bond donors (Lipinski definition) is 2. The van der Waals surface area contributed by atoms with Crippen molar-refractivity contribution >= 4 is 20.1 Å². The van der Waals surface area contributed by atoms with Crippen molar-refractivity contribution in [3.63, 3.8) is 0 Å². The SMILES string of the molecule is CCCC(=O)NC(=O)[C@@H](C[C@H](O[Si](C)(C)C(C)(C)C)[C@@H](N)CC(C)C)C(C)C. The maximum atomic E-state index is 12.8. The minimum Gasteiger partial charge on any atom is -0.412 e. The van der Waals surface area contributed by atoms with Crippen LogP contribution in [0.25, 0.3) is 0 Å². The van der Waals surface area contributed by atoms with Gasteiger partial charge in [0.05, 0.1) is 6.10 Å². The van der Waals surface area contributed by atoms with Gasteiger partial charge in [-0.1, -0.05) is 55.4 Å². The van der Waals surface area contributed by atoms with Crippen LogP contribution in [0.1, 0.15) is 81.1 Å². The summed E-state index contributed by atoms with van der Waals surface area (Å²) in [7, 11) is -2.04. The second-order valence-corrected chi connectivity index (χ2v) is 15.2. The van der Waals surface area contributed by atoms with Crippen molar-refractivity contribution in [2.45, 2.75) is 111 Å². The van der Waals surface area contributed by atoms with Crippen LogP contribution in [0.2, 0.25) is 18.1 Å². The molecular weight excluding hydrogens is 368 g/mol. The maximum Gasteiger partial charge on any atom is 0.230 e. The first-order valence-corrected chi connectivity index (χ1v) is 13.8. The molecule has 0 aromatic heterocycles. The van der Waals surface area contributed by atoms with Gasteiger partial charge in [-0.25, -0.2) is 0 Å². The van der Waals surface area contributed by atoms with E-state index < -0.39 is 8.32 Å². The number of amides is 2. The van der Waals surface area contributed by atoms with Crippen molar-refractivity contribution in [1.82, 2.24) is 5.32 Å². The molecule has 0 unspecified atom stereocenters. The molecule has 2 amide bonds. The molecule has 0 aliphatic carbocycles. The standard InChI is InChI=1S/C22H46N2O3Si/c1-11-12-20(25)24-21(26)17(16(4)5)14-19(18(23)13-15(2)3)27-28(9,10)22(6,7)8/h15-19H,11-14,23H2,1-10H3,(H,24,25,26)/t17-,18-,19-/m0/s1. The molecule has 0 aliphatic rings. The zero-order valence-electron chi connectivity index (χ0n) is 20.0. The minimum atomic E-state index is -2.04. The lowest BCUT2D eigenvalue weighted by Crippen LogP contribution is -2.51. The van der Waals surface area contributed by atoms with Crippen LogP contribution in [-0.4, -0.2) is 32.3 Å². The molecular formula is C22H46N2O3Si. The number of imide groups is 1. The third kappa shape index (κ3) is 9.18. The molecule has 0 spiro atoms. The highest BCUT2D eigenvalue weighted by Crippen LogP contribution is 2.39. The van der Waals surface area contributed by atoms with Crippen LogP contribution in [0.15, 0.2) is 0 Å². The van der Waals surface area contributed by atoms with E-state index >= 15 is 0 Å². The van der Waals surface area contributed by atoms with E-state index in [1.165, 1.54) is 0 Å². The second-order valence-electron chi connectivity index (χ2n) is 10.5. The van der Waals surface area contributed by atoms with Crippen molar-refractivity contribution in [1.29, 1.82) is 0 Å². The fraction of sp³-hybridized carbons (Fsp3) is 0.909. The molecule has 0 saturated heterocycles. The number of rotatable bonds is 11. The Hall–Kier alpha value is -0.723. The summed E-state index contributed by atoms with van der Waals surface area (Å²) in [6.07, 6.45) is 2.29. The molecule has 0 aromatic rings. The molecule has 5 nitrogen and oxygen atoms in total. The van der Waals surface area contributed by atoms with Gasteiger partial charge in [0.1, 0.15) is 0 Å². The molecule has 0 aliphatic heterocycles. The van der Waals surface area contributed by atoms with Gasteiger partial charge in [0.15, 0.2) is 8.32 Å². The first-order valence-electron chi connectivity index (χ1n) is 10.9. The molecule has 0 radical (unpaired) electrons. The van der Waals surface area contributed by atoms with E-state index in [-0.39, 0.29) is 40.8 Å². The Labute approximate surface area is 174 Å². The van der Waals surface area contributed by atoms with Crippen LogP contribution < -0.4 is 11.1 Å². The fourth-order valence-corrected chi connectivity index (χ4v) is 4.39. The van der Waals surface area contributed by atoms with Crippen molar-refractivity contribution < 1.29 is 14.0 Å². The molecule has 28 heavy (non-hydrogen) atoms. The summed E-state index contributed by atoms with van der Waals surface area (Å²) in [6.45, 7) is 21.3. The zero-order valence-corrected chi connectivity index (χ0v) is 21.0. The van der Waals surface area contributed by atoms with E-state index in [4.69, 9.17) is 10.2 Å². The summed E-state index contributed by atoms with van der Waals surface area (Å²) in [6, 6.07) is -0.130. The highest BCUT2D eigenvalue weighted by molar-refractivity contribution is 6.74.